The van der Waals surface area contributed by atoms with Crippen LogP contribution in [0.15, 0.2) is 54.9 Å². The van der Waals surface area contributed by atoms with Gasteiger partial charge in [-0.25, -0.2) is 15.0 Å². The van der Waals surface area contributed by atoms with Gasteiger partial charge in [-0.2, -0.15) is 0 Å². The zero-order valence-electron chi connectivity index (χ0n) is 21.6. The molecule has 194 valence electrons. The first-order valence-corrected chi connectivity index (χ1v) is 13.3. The van der Waals surface area contributed by atoms with Crippen LogP contribution in [0, 0.1) is 6.92 Å². The molecular formula is C29H36N6O2. The highest BCUT2D eigenvalue weighted by molar-refractivity contribution is 5.67. The first-order valence-electron chi connectivity index (χ1n) is 13.3. The standard InChI is InChI=1S/C29H36N6O2/c1-22-21-31-29-32-25-8-9-26(35-14-12-34(13-15-35)16-17-36)23(19-25)7-5-3-2-4-6-18-37-27-20-24(10-11-30-27)28(22)33-29/h2,4,8-11,19-21,36H,3,5-7,12-18H2,1H3,(H,31,32,33)/b4-2+. The highest BCUT2D eigenvalue weighted by atomic mass is 16.5. The number of aryl methyl sites for hydroxylation is 2. The molecule has 0 spiro atoms. The lowest BCUT2D eigenvalue weighted by molar-refractivity contribution is 0.188. The van der Waals surface area contributed by atoms with E-state index in [2.05, 4.69) is 55.4 Å². The molecule has 1 aromatic carbocycles. The third kappa shape index (κ3) is 6.45. The molecule has 5 rings (SSSR count). The van der Waals surface area contributed by atoms with Crippen LogP contribution in [0.25, 0.3) is 11.3 Å². The summed E-state index contributed by atoms with van der Waals surface area (Å²) in [4.78, 5) is 18.6. The van der Waals surface area contributed by atoms with Crippen LogP contribution in [0.1, 0.15) is 30.4 Å². The van der Waals surface area contributed by atoms with Gasteiger partial charge in [-0.15, -0.1) is 0 Å². The lowest BCUT2D eigenvalue weighted by Crippen LogP contribution is -2.47. The number of nitrogens with zero attached hydrogens (tertiary/aromatic N) is 5. The summed E-state index contributed by atoms with van der Waals surface area (Å²) in [5.74, 6) is 1.18. The van der Waals surface area contributed by atoms with Gasteiger partial charge >= 0.3 is 0 Å². The van der Waals surface area contributed by atoms with Crippen LogP contribution in [-0.2, 0) is 6.42 Å². The molecular weight excluding hydrogens is 464 g/mol. The molecule has 0 aliphatic carbocycles. The van der Waals surface area contributed by atoms with Gasteiger partial charge in [0, 0.05) is 68.1 Å². The minimum Gasteiger partial charge on any atom is -0.477 e. The Morgan fingerprint density at radius 3 is 2.76 bits per heavy atom. The first-order chi connectivity index (χ1) is 18.2. The van der Waals surface area contributed by atoms with Crippen LogP contribution in [0.2, 0.25) is 0 Å². The fourth-order valence-corrected chi connectivity index (χ4v) is 4.96. The zero-order valence-corrected chi connectivity index (χ0v) is 21.6. The van der Waals surface area contributed by atoms with Gasteiger partial charge in [-0.1, -0.05) is 12.2 Å². The highest BCUT2D eigenvalue weighted by Crippen LogP contribution is 2.30. The number of nitrogens with one attached hydrogen (secondary N) is 1. The van der Waals surface area contributed by atoms with Gasteiger partial charge in [0.15, 0.2) is 0 Å². The molecule has 8 heteroatoms. The number of benzene rings is 1. The third-order valence-corrected chi connectivity index (χ3v) is 6.96. The number of aliphatic hydroxyl groups is 1. The number of aliphatic hydroxyl groups excluding tert-OH is 1. The molecule has 3 aromatic rings. The lowest BCUT2D eigenvalue weighted by Gasteiger charge is -2.37. The van der Waals surface area contributed by atoms with Gasteiger partial charge in [0.1, 0.15) is 0 Å². The molecule has 8 nitrogen and oxygen atoms in total. The molecule has 2 aliphatic rings. The maximum atomic E-state index is 9.28. The van der Waals surface area contributed by atoms with E-state index < -0.39 is 0 Å². The summed E-state index contributed by atoms with van der Waals surface area (Å²) in [6.45, 7) is 7.47. The van der Waals surface area contributed by atoms with Gasteiger partial charge in [-0.05, 0) is 68.0 Å². The van der Waals surface area contributed by atoms with Crippen molar-refractivity contribution < 1.29 is 9.84 Å². The number of ether oxygens (including phenoxy) is 1. The van der Waals surface area contributed by atoms with E-state index in [-0.39, 0.29) is 6.61 Å². The van der Waals surface area contributed by atoms with Crippen molar-refractivity contribution in [2.75, 3.05) is 56.2 Å². The van der Waals surface area contributed by atoms with Crippen molar-refractivity contribution in [3.63, 3.8) is 0 Å². The molecule has 2 N–H and O–H groups in total. The summed E-state index contributed by atoms with van der Waals surface area (Å²) in [6, 6.07) is 10.5. The number of pyridine rings is 1. The molecule has 4 heterocycles. The topological polar surface area (TPSA) is 86.6 Å². The number of β-amino-alcohol motifs (C(OH)–C–C–N with tert-alkyl or cyclic N) is 1. The van der Waals surface area contributed by atoms with E-state index in [9.17, 15) is 5.11 Å². The highest BCUT2D eigenvalue weighted by Gasteiger charge is 2.19. The molecule has 6 bridgehead atoms. The van der Waals surface area contributed by atoms with E-state index in [0.717, 1.165) is 80.9 Å². The van der Waals surface area contributed by atoms with Crippen LogP contribution in [-0.4, -0.2) is 70.9 Å². The first kappa shape index (κ1) is 25.2. The maximum absolute atomic E-state index is 9.28. The van der Waals surface area contributed by atoms with E-state index >= 15 is 0 Å². The molecule has 0 amide bonds. The number of piperazine rings is 1. The Morgan fingerprint density at radius 2 is 1.89 bits per heavy atom. The van der Waals surface area contributed by atoms with Crippen LogP contribution in [0.3, 0.4) is 0 Å². The largest absolute Gasteiger partial charge is 0.477 e. The summed E-state index contributed by atoms with van der Waals surface area (Å²) >= 11 is 0. The van der Waals surface area contributed by atoms with E-state index in [1.807, 2.05) is 25.3 Å². The smallest absolute Gasteiger partial charge is 0.227 e. The molecule has 0 unspecified atom stereocenters. The maximum Gasteiger partial charge on any atom is 0.227 e. The van der Waals surface area contributed by atoms with E-state index in [4.69, 9.17) is 9.72 Å². The predicted octanol–water partition coefficient (Wildman–Crippen LogP) is 4.37. The Morgan fingerprint density at radius 1 is 1.03 bits per heavy atom. The third-order valence-electron chi connectivity index (χ3n) is 6.96. The Balaban J connectivity index is 1.44. The minimum absolute atomic E-state index is 0.219. The molecule has 0 atom stereocenters. The molecule has 0 radical (unpaired) electrons. The van der Waals surface area contributed by atoms with Crippen molar-refractivity contribution in [2.24, 2.45) is 0 Å². The van der Waals surface area contributed by atoms with Crippen LogP contribution in [0.4, 0.5) is 17.3 Å². The average Bonchev–Trinajstić information content (AvgIpc) is 2.92. The Labute approximate surface area is 219 Å². The predicted molar refractivity (Wildman–Crippen MR) is 148 cm³/mol. The zero-order chi connectivity index (χ0) is 25.5. The second kappa shape index (κ2) is 12.2. The Bertz CT molecular complexity index is 1220. The molecule has 0 saturated carbocycles. The number of aromatic nitrogens is 3. The fourth-order valence-electron chi connectivity index (χ4n) is 4.96. The van der Waals surface area contributed by atoms with Crippen molar-refractivity contribution in [1.82, 2.24) is 19.9 Å². The van der Waals surface area contributed by atoms with Gasteiger partial charge in [0.2, 0.25) is 11.8 Å². The second-order valence-electron chi connectivity index (χ2n) is 9.63. The molecule has 37 heavy (non-hydrogen) atoms. The molecule has 2 aromatic heterocycles. The number of anilines is 3. The molecule has 2 aliphatic heterocycles. The Hall–Kier alpha value is -3.49. The number of allylic oxidation sites excluding steroid dienone is 1. The van der Waals surface area contributed by atoms with E-state index in [0.29, 0.717) is 18.4 Å². The molecule has 1 fully saturated rings. The minimum atomic E-state index is 0.219. The van der Waals surface area contributed by atoms with E-state index in [1.54, 1.807) is 6.20 Å². The number of hydrogen-bond acceptors (Lipinski definition) is 8. The lowest BCUT2D eigenvalue weighted by atomic mass is 10.0. The van der Waals surface area contributed by atoms with Gasteiger partial charge in [0.25, 0.3) is 0 Å². The Kier molecular flexibility index (Phi) is 8.28. The van der Waals surface area contributed by atoms with Crippen LogP contribution >= 0.6 is 0 Å². The van der Waals surface area contributed by atoms with Gasteiger partial charge < -0.3 is 20.1 Å². The van der Waals surface area contributed by atoms with Crippen molar-refractivity contribution in [2.45, 2.75) is 32.6 Å². The SMILES string of the molecule is Cc1cnc2nc1-c1ccnc(c1)OCC/C=C/CCCc1cc(ccc1N1CCN(CCO)CC1)N2. The summed E-state index contributed by atoms with van der Waals surface area (Å²) in [7, 11) is 0. The van der Waals surface area contributed by atoms with Crippen molar-refractivity contribution in [3.05, 3.63) is 66.0 Å². The number of hydrogen-bond donors (Lipinski definition) is 2. The van der Waals surface area contributed by atoms with Crippen LogP contribution in [0.5, 0.6) is 5.88 Å². The summed E-state index contributed by atoms with van der Waals surface area (Å²) in [5, 5.41) is 12.7. The van der Waals surface area contributed by atoms with Crippen molar-refractivity contribution in [3.8, 4) is 17.1 Å². The van der Waals surface area contributed by atoms with Crippen LogP contribution < -0.4 is 15.0 Å². The number of fused-ring (bicyclic) bond motifs is 7. The quantitative estimate of drug-likeness (QED) is 0.513. The monoisotopic (exact) mass is 500 g/mol. The normalized spacial score (nSPS) is 17.7. The van der Waals surface area contributed by atoms with Gasteiger partial charge in [-0.3, -0.25) is 4.90 Å². The van der Waals surface area contributed by atoms with Crippen molar-refractivity contribution >= 4 is 17.3 Å². The molecule has 1 saturated heterocycles. The fraction of sp³-hybridized carbons (Fsp3) is 0.414. The average molecular weight is 501 g/mol. The van der Waals surface area contributed by atoms with Crippen molar-refractivity contribution in [1.29, 1.82) is 0 Å². The summed E-state index contributed by atoms with van der Waals surface area (Å²) in [6.07, 6.45) is 12.0. The second-order valence-corrected chi connectivity index (χ2v) is 9.63. The number of rotatable bonds is 3. The van der Waals surface area contributed by atoms with Gasteiger partial charge in [0.05, 0.1) is 18.9 Å². The summed E-state index contributed by atoms with van der Waals surface area (Å²) in [5.41, 5.74) is 6.45. The van der Waals surface area contributed by atoms with E-state index in [1.165, 1.54) is 11.3 Å². The summed E-state index contributed by atoms with van der Waals surface area (Å²) < 4.78 is 5.90.